The molecule has 1 N–H and O–H groups in total. The van der Waals surface area contributed by atoms with E-state index in [1.807, 2.05) is 42.5 Å². The van der Waals surface area contributed by atoms with Gasteiger partial charge in [-0.3, -0.25) is 9.88 Å². The third-order valence-corrected chi connectivity index (χ3v) is 4.92. The maximum atomic E-state index is 10.4. The molecule has 1 aliphatic rings. The molecule has 0 spiro atoms. The van der Waals surface area contributed by atoms with Crippen molar-refractivity contribution >= 4 is 0 Å². The highest BCUT2D eigenvalue weighted by molar-refractivity contribution is 5.60. The molecule has 0 fully saturated rings. The molecule has 2 aromatic carbocycles. The van der Waals surface area contributed by atoms with Gasteiger partial charge < -0.3 is 9.84 Å². The van der Waals surface area contributed by atoms with E-state index in [-0.39, 0.29) is 6.61 Å². The number of β-amino-alcohol motifs (C(OH)–C–C–N with tert-alkyl or cyclic N) is 1. The van der Waals surface area contributed by atoms with E-state index in [4.69, 9.17) is 4.74 Å². The van der Waals surface area contributed by atoms with Gasteiger partial charge in [-0.1, -0.05) is 42.5 Å². The minimum atomic E-state index is -0.520. The fourth-order valence-electron chi connectivity index (χ4n) is 3.53. The van der Waals surface area contributed by atoms with Crippen LogP contribution in [-0.2, 0) is 13.0 Å². The summed E-state index contributed by atoms with van der Waals surface area (Å²) in [6, 6.07) is 22.2. The van der Waals surface area contributed by atoms with Crippen LogP contribution in [0.2, 0.25) is 0 Å². The molecule has 0 radical (unpaired) electrons. The zero-order valence-electron chi connectivity index (χ0n) is 15.3. The summed E-state index contributed by atoms with van der Waals surface area (Å²) in [6.07, 6.45) is 2.30. The number of pyridine rings is 1. The molecule has 0 aliphatic carbocycles. The summed E-state index contributed by atoms with van der Waals surface area (Å²) in [4.78, 5) is 6.66. The van der Waals surface area contributed by atoms with Crippen molar-refractivity contribution in [2.45, 2.75) is 19.1 Å². The van der Waals surface area contributed by atoms with Crippen LogP contribution in [0.15, 0.2) is 72.9 Å². The van der Waals surface area contributed by atoms with E-state index in [1.54, 1.807) is 6.20 Å². The van der Waals surface area contributed by atoms with E-state index in [9.17, 15) is 5.11 Å². The van der Waals surface area contributed by atoms with Crippen LogP contribution in [0.5, 0.6) is 5.75 Å². The smallest absolute Gasteiger partial charge is 0.120 e. The largest absolute Gasteiger partial charge is 0.491 e. The summed E-state index contributed by atoms with van der Waals surface area (Å²) in [5, 5.41) is 10.4. The molecule has 4 heteroatoms. The number of aliphatic hydroxyl groups excluding tert-OH is 1. The second-order valence-electron chi connectivity index (χ2n) is 6.96. The second kappa shape index (κ2) is 8.33. The van der Waals surface area contributed by atoms with Gasteiger partial charge in [0, 0.05) is 31.4 Å². The second-order valence-corrected chi connectivity index (χ2v) is 6.96. The Bertz CT molecular complexity index is 882. The normalized spacial score (nSPS) is 15.1. The van der Waals surface area contributed by atoms with E-state index in [0.717, 1.165) is 36.5 Å². The van der Waals surface area contributed by atoms with Crippen LogP contribution in [0, 0.1) is 0 Å². The van der Waals surface area contributed by atoms with Crippen molar-refractivity contribution in [2.75, 3.05) is 19.7 Å². The zero-order valence-corrected chi connectivity index (χ0v) is 15.3. The van der Waals surface area contributed by atoms with E-state index in [2.05, 4.69) is 34.1 Å². The predicted octanol–water partition coefficient (Wildman–Crippen LogP) is 3.55. The van der Waals surface area contributed by atoms with Gasteiger partial charge in [0.25, 0.3) is 0 Å². The van der Waals surface area contributed by atoms with Gasteiger partial charge in [-0.2, -0.15) is 0 Å². The zero-order chi connectivity index (χ0) is 18.5. The lowest BCUT2D eigenvalue weighted by atomic mass is 10.00. The van der Waals surface area contributed by atoms with Gasteiger partial charge in [-0.05, 0) is 41.8 Å². The molecule has 0 bridgehead atoms. The molecular weight excluding hydrogens is 336 g/mol. The fourth-order valence-corrected chi connectivity index (χ4v) is 3.53. The Balaban J connectivity index is 1.32. The van der Waals surface area contributed by atoms with Crippen LogP contribution in [0.3, 0.4) is 0 Å². The Morgan fingerprint density at radius 1 is 1.00 bits per heavy atom. The number of ether oxygens (including phenoxy) is 1. The average molecular weight is 360 g/mol. The van der Waals surface area contributed by atoms with E-state index >= 15 is 0 Å². The first-order chi connectivity index (χ1) is 13.3. The first-order valence-corrected chi connectivity index (χ1v) is 9.39. The monoisotopic (exact) mass is 360 g/mol. The topological polar surface area (TPSA) is 45.6 Å². The third kappa shape index (κ3) is 4.54. The van der Waals surface area contributed by atoms with Crippen LogP contribution < -0.4 is 4.74 Å². The van der Waals surface area contributed by atoms with E-state index in [0.29, 0.717) is 6.54 Å². The maximum Gasteiger partial charge on any atom is 0.120 e. The molecular formula is C23H24N2O2. The van der Waals surface area contributed by atoms with Crippen molar-refractivity contribution in [3.63, 3.8) is 0 Å². The molecule has 1 aromatic heterocycles. The molecule has 4 rings (SSSR count). The maximum absolute atomic E-state index is 10.4. The van der Waals surface area contributed by atoms with E-state index in [1.165, 1.54) is 11.1 Å². The quantitative estimate of drug-likeness (QED) is 0.730. The van der Waals surface area contributed by atoms with Crippen molar-refractivity contribution in [1.29, 1.82) is 0 Å². The molecule has 4 nitrogen and oxygen atoms in total. The number of hydrogen-bond donors (Lipinski definition) is 1. The first-order valence-electron chi connectivity index (χ1n) is 9.39. The van der Waals surface area contributed by atoms with Crippen molar-refractivity contribution in [3.8, 4) is 17.0 Å². The summed E-state index contributed by atoms with van der Waals surface area (Å²) >= 11 is 0. The summed E-state index contributed by atoms with van der Waals surface area (Å²) in [6.45, 7) is 2.77. The molecule has 1 aliphatic heterocycles. The molecule has 0 saturated carbocycles. The fraction of sp³-hybridized carbons (Fsp3) is 0.261. The van der Waals surface area contributed by atoms with Crippen LogP contribution >= 0.6 is 0 Å². The lowest BCUT2D eigenvalue weighted by Crippen LogP contribution is -2.38. The van der Waals surface area contributed by atoms with Gasteiger partial charge in [0.15, 0.2) is 0 Å². The molecule has 1 unspecified atom stereocenters. The van der Waals surface area contributed by atoms with Crippen molar-refractivity contribution in [2.24, 2.45) is 0 Å². The molecule has 138 valence electrons. The third-order valence-electron chi connectivity index (χ3n) is 4.92. The van der Waals surface area contributed by atoms with Gasteiger partial charge >= 0.3 is 0 Å². The van der Waals surface area contributed by atoms with Gasteiger partial charge in [0.05, 0.1) is 5.69 Å². The number of fused-ring (bicyclic) bond motifs is 1. The summed E-state index contributed by atoms with van der Waals surface area (Å²) in [5.74, 6) is 0.751. The van der Waals surface area contributed by atoms with Gasteiger partial charge in [-0.15, -0.1) is 0 Å². The lowest BCUT2D eigenvalue weighted by Gasteiger charge is -2.30. The molecule has 3 aromatic rings. The Morgan fingerprint density at radius 2 is 1.85 bits per heavy atom. The Hall–Kier alpha value is -2.69. The molecule has 2 heterocycles. The number of rotatable bonds is 6. The minimum absolute atomic E-state index is 0.282. The number of benzene rings is 2. The Labute approximate surface area is 160 Å². The van der Waals surface area contributed by atoms with Crippen LogP contribution in [-0.4, -0.2) is 40.8 Å². The minimum Gasteiger partial charge on any atom is -0.491 e. The standard InChI is InChI=1S/C23H24N2O2/c26-21(16-25-13-11-18-6-1-2-7-20(18)15-25)17-27-22-9-5-8-19(14-22)23-10-3-4-12-24-23/h1-10,12,14,21,26H,11,13,15-17H2. The van der Waals surface area contributed by atoms with E-state index < -0.39 is 6.10 Å². The molecule has 0 saturated heterocycles. The number of aliphatic hydroxyl groups is 1. The molecule has 1 atom stereocenters. The Kier molecular flexibility index (Phi) is 5.47. The summed E-state index contributed by atoms with van der Waals surface area (Å²) in [5.41, 5.74) is 4.71. The highest BCUT2D eigenvalue weighted by Gasteiger charge is 2.18. The van der Waals surface area contributed by atoms with Crippen LogP contribution in [0.1, 0.15) is 11.1 Å². The highest BCUT2D eigenvalue weighted by Crippen LogP contribution is 2.22. The van der Waals surface area contributed by atoms with Crippen LogP contribution in [0.4, 0.5) is 0 Å². The number of aromatic nitrogens is 1. The van der Waals surface area contributed by atoms with Crippen molar-refractivity contribution < 1.29 is 9.84 Å². The number of nitrogens with zero attached hydrogens (tertiary/aromatic N) is 2. The van der Waals surface area contributed by atoms with Gasteiger partial charge in [0.1, 0.15) is 18.5 Å². The van der Waals surface area contributed by atoms with Crippen molar-refractivity contribution in [3.05, 3.63) is 84.1 Å². The molecule has 27 heavy (non-hydrogen) atoms. The predicted molar refractivity (Wildman–Crippen MR) is 107 cm³/mol. The molecule has 0 amide bonds. The number of hydrogen-bond acceptors (Lipinski definition) is 4. The SMILES string of the molecule is OC(COc1cccc(-c2ccccn2)c1)CN1CCc2ccccc2C1. The lowest BCUT2D eigenvalue weighted by molar-refractivity contribution is 0.0638. The average Bonchev–Trinajstić information content (AvgIpc) is 2.73. The highest BCUT2D eigenvalue weighted by atomic mass is 16.5. The Morgan fingerprint density at radius 3 is 2.70 bits per heavy atom. The van der Waals surface area contributed by atoms with Crippen molar-refractivity contribution in [1.82, 2.24) is 9.88 Å². The van der Waals surface area contributed by atoms with Crippen LogP contribution in [0.25, 0.3) is 11.3 Å². The summed E-state index contributed by atoms with van der Waals surface area (Å²) in [7, 11) is 0. The van der Waals surface area contributed by atoms with Gasteiger partial charge in [-0.25, -0.2) is 0 Å². The van der Waals surface area contributed by atoms with Gasteiger partial charge in [0.2, 0.25) is 0 Å². The summed E-state index contributed by atoms with van der Waals surface area (Å²) < 4.78 is 5.84. The first kappa shape index (κ1) is 17.7.